The van der Waals surface area contributed by atoms with Gasteiger partial charge in [-0.05, 0) is 37.0 Å². The van der Waals surface area contributed by atoms with Crippen LogP contribution in [-0.4, -0.2) is 30.7 Å². The molecule has 0 saturated heterocycles. The number of nitrogens with two attached hydrogens (primary N) is 1. The number of amides is 1. The van der Waals surface area contributed by atoms with E-state index in [-0.39, 0.29) is 24.4 Å². The molecule has 1 aromatic rings. The molecule has 1 aromatic carbocycles. The molecule has 2 rings (SSSR count). The summed E-state index contributed by atoms with van der Waals surface area (Å²) in [6.07, 6.45) is 1.74. The highest BCUT2D eigenvalue weighted by atomic mass is 16.5. The molecule has 0 aliphatic heterocycles. The Labute approximate surface area is 119 Å². The lowest BCUT2D eigenvalue weighted by Crippen LogP contribution is -2.33. The minimum atomic E-state index is -0.732. The molecular weight excluding hydrogens is 256 g/mol. The fraction of sp³-hybridized carbons (Fsp3) is 0.533. The summed E-state index contributed by atoms with van der Waals surface area (Å²) in [6, 6.07) is 7.34. The largest absolute Gasteiger partial charge is 0.497 e. The van der Waals surface area contributed by atoms with Crippen LogP contribution in [0.2, 0.25) is 0 Å². The average molecular weight is 278 g/mol. The Morgan fingerprint density at radius 1 is 1.55 bits per heavy atom. The van der Waals surface area contributed by atoms with Crippen molar-refractivity contribution in [1.82, 2.24) is 5.32 Å². The van der Waals surface area contributed by atoms with E-state index in [1.165, 1.54) is 0 Å². The molecule has 3 atom stereocenters. The van der Waals surface area contributed by atoms with Crippen molar-refractivity contribution in [2.24, 2.45) is 11.7 Å². The first-order valence-electron chi connectivity index (χ1n) is 6.95. The zero-order chi connectivity index (χ0) is 14.5. The zero-order valence-corrected chi connectivity index (χ0v) is 11.7. The van der Waals surface area contributed by atoms with Gasteiger partial charge in [-0.15, -0.1) is 0 Å². The van der Waals surface area contributed by atoms with Crippen LogP contribution in [0.15, 0.2) is 24.3 Å². The van der Waals surface area contributed by atoms with Crippen molar-refractivity contribution in [2.75, 3.05) is 13.7 Å². The summed E-state index contributed by atoms with van der Waals surface area (Å²) in [5, 5.41) is 12.9. The van der Waals surface area contributed by atoms with Crippen molar-refractivity contribution in [2.45, 2.75) is 31.4 Å². The van der Waals surface area contributed by atoms with Gasteiger partial charge in [-0.1, -0.05) is 12.1 Å². The smallest absolute Gasteiger partial charge is 0.223 e. The molecule has 20 heavy (non-hydrogen) atoms. The van der Waals surface area contributed by atoms with E-state index in [0.29, 0.717) is 5.75 Å². The number of nitrogens with one attached hydrogen (secondary N) is 1. The number of hydrogen-bond donors (Lipinski definition) is 3. The van der Waals surface area contributed by atoms with Gasteiger partial charge in [0.05, 0.1) is 13.2 Å². The van der Waals surface area contributed by atoms with Crippen LogP contribution in [0, 0.1) is 5.92 Å². The fourth-order valence-electron chi connectivity index (χ4n) is 2.56. The van der Waals surface area contributed by atoms with Gasteiger partial charge >= 0.3 is 0 Å². The lowest BCUT2D eigenvalue weighted by atomic mass is 10.1. The van der Waals surface area contributed by atoms with Gasteiger partial charge < -0.3 is 20.9 Å². The Bertz CT molecular complexity index is 464. The SMILES string of the molecule is COc1cccc(C(O)CNC(=O)C2CCC(N)C2)c1. The molecule has 4 N–H and O–H groups in total. The van der Waals surface area contributed by atoms with E-state index in [0.717, 1.165) is 24.8 Å². The monoisotopic (exact) mass is 278 g/mol. The highest BCUT2D eigenvalue weighted by Gasteiger charge is 2.27. The maximum Gasteiger partial charge on any atom is 0.223 e. The summed E-state index contributed by atoms with van der Waals surface area (Å²) < 4.78 is 5.11. The van der Waals surface area contributed by atoms with Crippen LogP contribution in [0.25, 0.3) is 0 Å². The maximum absolute atomic E-state index is 11.9. The number of aliphatic hydroxyl groups excluding tert-OH is 1. The van der Waals surface area contributed by atoms with Gasteiger partial charge in [-0.25, -0.2) is 0 Å². The quantitative estimate of drug-likeness (QED) is 0.749. The Hall–Kier alpha value is -1.59. The van der Waals surface area contributed by atoms with Crippen LogP contribution in [-0.2, 0) is 4.79 Å². The summed E-state index contributed by atoms with van der Waals surface area (Å²) in [4.78, 5) is 11.9. The molecule has 1 fully saturated rings. The maximum atomic E-state index is 11.9. The van der Waals surface area contributed by atoms with Gasteiger partial charge in [0.15, 0.2) is 0 Å². The Balaban J connectivity index is 1.85. The Kier molecular flexibility index (Phi) is 4.98. The van der Waals surface area contributed by atoms with Crippen molar-refractivity contribution in [3.63, 3.8) is 0 Å². The number of carbonyl (C=O) groups is 1. The van der Waals surface area contributed by atoms with Crippen LogP contribution < -0.4 is 15.8 Å². The molecule has 1 aliphatic carbocycles. The van der Waals surface area contributed by atoms with E-state index in [2.05, 4.69) is 5.32 Å². The molecule has 1 saturated carbocycles. The van der Waals surface area contributed by atoms with Gasteiger partial charge in [-0.3, -0.25) is 4.79 Å². The fourth-order valence-corrected chi connectivity index (χ4v) is 2.56. The summed E-state index contributed by atoms with van der Waals surface area (Å²) in [6.45, 7) is 0.206. The van der Waals surface area contributed by atoms with Gasteiger partial charge in [0.25, 0.3) is 0 Å². The lowest BCUT2D eigenvalue weighted by Gasteiger charge is -2.15. The van der Waals surface area contributed by atoms with Crippen molar-refractivity contribution >= 4 is 5.91 Å². The number of methoxy groups -OCH3 is 1. The number of carbonyl (C=O) groups excluding carboxylic acids is 1. The van der Waals surface area contributed by atoms with Crippen LogP contribution in [0.1, 0.15) is 30.9 Å². The van der Waals surface area contributed by atoms with Gasteiger partial charge in [0, 0.05) is 18.5 Å². The van der Waals surface area contributed by atoms with E-state index in [4.69, 9.17) is 10.5 Å². The molecule has 3 unspecified atom stereocenters. The topological polar surface area (TPSA) is 84.6 Å². The van der Waals surface area contributed by atoms with E-state index in [1.807, 2.05) is 18.2 Å². The highest BCUT2D eigenvalue weighted by Crippen LogP contribution is 2.24. The van der Waals surface area contributed by atoms with Gasteiger partial charge in [-0.2, -0.15) is 0 Å². The molecular formula is C15H22N2O3. The predicted octanol–water partition coefficient (Wildman–Crippen LogP) is 0.972. The number of rotatable bonds is 5. The van der Waals surface area contributed by atoms with E-state index in [9.17, 15) is 9.90 Å². The summed E-state index contributed by atoms with van der Waals surface area (Å²) in [5.74, 6) is 0.664. The second-order valence-corrected chi connectivity index (χ2v) is 5.31. The lowest BCUT2D eigenvalue weighted by molar-refractivity contribution is -0.125. The summed E-state index contributed by atoms with van der Waals surface area (Å²) in [5.41, 5.74) is 6.53. The van der Waals surface area contributed by atoms with Crippen molar-refractivity contribution in [1.29, 1.82) is 0 Å². The molecule has 5 heteroatoms. The third-order valence-electron chi connectivity index (χ3n) is 3.79. The third kappa shape index (κ3) is 3.71. The highest BCUT2D eigenvalue weighted by molar-refractivity contribution is 5.79. The van der Waals surface area contributed by atoms with Crippen LogP contribution in [0.5, 0.6) is 5.75 Å². The number of aliphatic hydroxyl groups is 1. The second kappa shape index (κ2) is 6.72. The molecule has 0 aromatic heterocycles. The molecule has 1 amide bonds. The van der Waals surface area contributed by atoms with Crippen molar-refractivity contribution in [3.05, 3.63) is 29.8 Å². The van der Waals surface area contributed by atoms with Gasteiger partial charge in [0.2, 0.25) is 5.91 Å². The normalized spacial score (nSPS) is 23.4. The molecule has 0 heterocycles. The first-order valence-corrected chi connectivity index (χ1v) is 6.95. The number of ether oxygens (including phenoxy) is 1. The van der Waals surface area contributed by atoms with E-state index in [1.54, 1.807) is 13.2 Å². The van der Waals surface area contributed by atoms with Crippen molar-refractivity contribution < 1.29 is 14.6 Å². The molecule has 110 valence electrons. The molecule has 1 aliphatic rings. The van der Waals surface area contributed by atoms with Crippen molar-refractivity contribution in [3.8, 4) is 5.75 Å². The molecule has 0 bridgehead atoms. The van der Waals surface area contributed by atoms with E-state index < -0.39 is 6.10 Å². The molecule has 0 spiro atoms. The molecule has 0 radical (unpaired) electrons. The average Bonchev–Trinajstić information content (AvgIpc) is 2.91. The van der Waals surface area contributed by atoms with Gasteiger partial charge in [0.1, 0.15) is 5.75 Å². The number of hydrogen-bond acceptors (Lipinski definition) is 4. The summed E-state index contributed by atoms with van der Waals surface area (Å²) in [7, 11) is 1.58. The second-order valence-electron chi connectivity index (χ2n) is 5.31. The minimum Gasteiger partial charge on any atom is -0.497 e. The summed E-state index contributed by atoms with van der Waals surface area (Å²) >= 11 is 0. The first kappa shape index (κ1) is 14.8. The predicted molar refractivity (Wildman–Crippen MR) is 76.3 cm³/mol. The van der Waals surface area contributed by atoms with Crippen LogP contribution >= 0.6 is 0 Å². The van der Waals surface area contributed by atoms with Crippen LogP contribution in [0.4, 0.5) is 0 Å². The zero-order valence-electron chi connectivity index (χ0n) is 11.7. The third-order valence-corrected chi connectivity index (χ3v) is 3.79. The first-order chi connectivity index (χ1) is 9.60. The Morgan fingerprint density at radius 2 is 2.35 bits per heavy atom. The van der Waals surface area contributed by atoms with E-state index >= 15 is 0 Å². The standard InChI is InChI=1S/C15H22N2O3/c1-20-13-4-2-3-10(8-13)14(18)9-17-15(19)11-5-6-12(16)7-11/h2-4,8,11-12,14,18H,5-7,9,16H2,1H3,(H,17,19). The molecule has 5 nitrogen and oxygen atoms in total. The Morgan fingerprint density at radius 3 is 3.00 bits per heavy atom. The number of benzene rings is 1. The minimum absolute atomic E-state index is 0.0116. The van der Waals surface area contributed by atoms with Crippen LogP contribution in [0.3, 0.4) is 0 Å².